The number of nitrogens with zero attached hydrogens (tertiary/aromatic N) is 3. The normalized spacial score (nSPS) is 13.3. The van der Waals surface area contributed by atoms with Crippen LogP contribution in [0.1, 0.15) is 56.9 Å². The molecule has 0 amide bonds. The van der Waals surface area contributed by atoms with Gasteiger partial charge >= 0.3 is 0 Å². The van der Waals surface area contributed by atoms with Crippen LogP contribution in [0, 0.1) is 0 Å². The maximum Gasteiger partial charge on any atom is 0.0923 e. The van der Waals surface area contributed by atoms with Gasteiger partial charge in [-0.3, -0.25) is 4.99 Å². The summed E-state index contributed by atoms with van der Waals surface area (Å²) < 4.78 is 0. The lowest BCUT2D eigenvalue weighted by Crippen LogP contribution is -2.11. The first-order valence-corrected chi connectivity index (χ1v) is 9.93. The van der Waals surface area contributed by atoms with E-state index in [1.54, 1.807) is 12.2 Å². The summed E-state index contributed by atoms with van der Waals surface area (Å²) >= 11 is 0. The molecule has 0 fully saturated rings. The molecular weight excluding hydrogens is 354 g/mol. The molecule has 0 spiro atoms. The highest BCUT2D eigenvalue weighted by atomic mass is 15.2. The molecule has 2 aromatic carbocycles. The van der Waals surface area contributed by atoms with Crippen LogP contribution in [0.2, 0.25) is 0 Å². The number of benzene rings is 2. The van der Waals surface area contributed by atoms with Gasteiger partial charge in [-0.1, -0.05) is 76.4 Å². The summed E-state index contributed by atoms with van der Waals surface area (Å²) in [5.41, 5.74) is 6.90. The van der Waals surface area contributed by atoms with Crippen LogP contribution in [0.25, 0.3) is 0 Å². The van der Waals surface area contributed by atoms with Crippen molar-refractivity contribution in [3.63, 3.8) is 0 Å². The van der Waals surface area contributed by atoms with Crippen molar-refractivity contribution < 1.29 is 0 Å². The summed E-state index contributed by atoms with van der Waals surface area (Å²) in [6.45, 7) is 19.1. The van der Waals surface area contributed by atoms with Crippen LogP contribution >= 0.6 is 0 Å². The van der Waals surface area contributed by atoms with E-state index in [1.807, 2.05) is 38.1 Å². The van der Waals surface area contributed by atoms with Crippen molar-refractivity contribution >= 4 is 17.1 Å². The van der Waals surface area contributed by atoms with Gasteiger partial charge in [0.05, 0.1) is 17.1 Å². The minimum Gasteiger partial charge on any atom is -0.285 e. The maximum atomic E-state index is 4.48. The molecule has 29 heavy (non-hydrogen) atoms. The van der Waals surface area contributed by atoms with Gasteiger partial charge in [0.1, 0.15) is 0 Å². The van der Waals surface area contributed by atoms with Crippen LogP contribution in [0.5, 0.6) is 0 Å². The van der Waals surface area contributed by atoms with Crippen LogP contribution in [0.4, 0.5) is 0 Å². The molecule has 0 radical (unpaired) electrons. The third-order valence-electron chi connectivity index (χ3n) is 4.65. The van der Waals surface area contributed by atoms with E-state index in [2.05, 4.69) is 73.4 Å². The molecule has 0 aliphatic rings. The summed E-state index contributed by atoms with van der Waals surface area (Å²) in [4.78, 5) is 4.48. The lowest BCUT2D eigenvalue weighted by Gasteiger charge is -2.19. The Bertz CT molecular complexity index is 952. The van der Waals surface area contributed by atoms with E-state index in [-0.39, 0.29) is 5.41 Å². The fourth-order valence-electron chi connectivity index (χ4n) is 2.90. The van der Waals surface area contributed by atoms with Crippen LogP contribution in [0.15, 0.2) is 89.0 Å². The molecule has 0 aliphatic carbocycles. The second kappa shape index (κ2) is 9.92. The molecule has 0 saturated carbocycles. The molecule has 0 aromatic heterocycles. The average Bonchev–Trinajstić information content (AvgIpc) is 2.72. The molecule has 2 rings (SSSR count). The number of hydrogen-bond donors (Lipinski definition) is 0. The van der Waals surface area contributed by atoms with Crippen LogP contribution in [0.3, 0.4) is 0 Å². The van der Waals surface area contributed by atoms with Crippen molar-refractivity contribution in [3.05, 3.63) is 96.1 Å². The first kappa shape index (κ1) is 22.2. The first-order chi connectivity index (χ1) is 13.8. The Kier molecular flexibility index (Phi) is 7.60. The van der Waals surface area contributed by atoms with Gasteiger partial charge in [-0.05, 0) is 48.6 Å². The van der Waals surface area contributed by atoms with Crippen molar-refractivity contribution in [2.75, 3.05) is 6.54 Å². The molecule has 2 aromatic rings. The summed E-state index contributed by atoms with van der Waals surface area (Å²) in [7, 11) is 0. The molecule has 3 heteroatoms. The monoisotopic (exact) mass is 385 g/mol. The first-order valence-electron chi connectivity index (χ1n) is 9.93. The summed E-state index contributed by atoms with van der Waals surface area (Å²) in [5.74, 6) is 0. The van der Waals surface area contributed by atoms with Gasteiger partial charge in [0.2, 0.25) is 0 Å². The topological polar surface area (TPSA) is 37.1 Å². The SMILES string of the molecule is C=CC(=NCC)c1cccc(/C(C=C)=N/N=C(\C)c2ccc(C(C)(C)C)cc2)c1. The number of aliphatic imine (C=N–C) groups is 1. The van der Waals surface area contributed by atoms with E-state index >= 15 is 0 Å². The fourth-order valence-corrected chi connectivity index (χ4v) is 2.90. The molecule has 0 atom stereocenters. The Labute approximate surface area is 175 Å². The molecule has 150 valence electrons. The standard InChI is InChI=1S/C26H31N3/c1-8-24(27-10-3)21-12-11-13-22(18-21)25(9-2)29-28-19(4)20-14-16-23(17-15-20)26(5,6)7/h8-9,11-18H,1-2,10H2,3-7H3/b27-24?,28-19+,29-25+. The number of rotatable bonds is 7. The zero-order valence-corrected chi connectivity index (χ0v) is 18.2. The predicted octanol–water partition coefficient (Wildman–Crippen LogP) is 6.38. The summed E-state index contributed by atoms with van der Waals surface area (Å²) in [6, 6.07) is 16.5. The minimum absolute atomic E-state index is 0.133. The fraction of sp³-hybridized carbons (Fsp3) is 0.269. The Hall–Kier alpha value is -3.07. The van der Waals surface area contributed by atoms with Crippen molar-refractivity contribution in [3.8, 4) is 0 Å². The third kappa shape index (κ3) is 5.95. The second-order valence-corrected chi connectivity index (χ2v) is 7.85. The van der Waals surface area contributed by atoms with Gasteiger partial charge in [0, 0.05) is 17.7 Å². The van der Waals surface area contributed by atoms with Crippen LogP contribution in [-0.4, -0.2) is 23.7 Å². The molecular formula is C26H31N3. The highest BCUT2D eigenvalue weighted by Crippen LogP contribution is 2.22. The zero-order valence-electron chi connectivity index (χ0n) is 18.2. The third-order valence-corrected chi connectivity index (χ3v) is 4.65. The van der Waals surface area contributed by atoms with Crippen LogP contribution in [-0.2, 0) is 5.41 Å². The lowest BCUT2D eigenvalue weighted by atomic mass is 9.86. The van der Waals surface area contributed by atoms with Gasteiger partial charge in [0.15, 0.2) is 0 Å². The summed E-state index contributed by atoms with van der Waals surface area (Å²) in [6.07, 6.45) is 3.50. The van der Waals surface area contributed by atoms with Gasteiger partial charge in [-0.25, -0.2) is 0 Å². The van der Waals surface area contributed by atoms with Gasteiger partial charge < -0.3 is 0 Å². The Balaban J connectivity index is 2.33. The quantitative estimate of drug-likeness (QED) is 0.392. The maximum absolute atomic E-state index is 4.48. The van der Waals surface area contributed by atoms with Gasteiger partial charge in [-0.2, -0.15) is 10.2 Å². The predicted molar refractivity (Wildman–Crippen MR) is 128 cm³/mol. The molecule has 3 nitrogen and oxygen atoms in total. The lowest BCUT2D eigenvalue weighted by molar-refractivity contribution is 0.590. The van der Waals surface area contributed by atoms with Crippen molar-refractivity contribution in [1.82, 2.24) is 0 Å². The molecule has 0 aliphatic heterocycles. The van der Waals surface area contributed by atoms with Crippen molar-refractivity contribution in [2.45, 2.75) is 40.0 Å². The highest BCUT2D eigenvalue weighted by Gasteiger charge is 2.13. The van der Waals surface area contributed by atoms with Crippen LogP contribution < -0.4 is 0 Å². The van der Waals surface area contributed by atoms with E-state index in [1.165, 1.54) is 5.56 Å². The number of allylic oxidation sites excluding steroid dienone is 2. The average molecular weight is 386 g/mol. The van der Waals surface area contributed by atoms with Crippen molar-refractivity contribution in [1.29, 1.82) is 0 Å². The molecule has 0 bridgehead atoms. The Morgan fingerprint density at radius 1 is 0.862 bits per heavy atom. The second-order valence-electron chi connectivity index (χ2n) is 7.85. The number of hydrogen-bond acceptors (Lipinski definition) is 3. The zero-order chi connectivity index (χ0) is 21.4. The smallest absolute Gasteiger partial charge is 0.0923 e. The molecule has 0 heterocycles. The van der Waals surface area contributed by atoms with E-state index in [4.69, 9.17) is 0 Å². The van der Waals surface area contributed by atoms with E-state index in [0.29, 0.717) is 6.54 Å². The minimum atomic E-state index is 0.133. The molecule has 0 N–H and O–H groups in total. The Morgan fingerprint density at radius 3 is 1.97 bits per heavy atom. The largest absolute Gasteiger partial charge is 0.285 e. The van der Waals surface area contributed by atoms with E-state index in [9.17, 15) is 0 Å². The van der Waals surface area contributed by atoms with E-state index < -0.39 is 0 Å². The molecule has 0 saturated heterocycles. The van der Waals surface area contributed by atoms with Crippen molar-refractivity contribution in [2.24, 2.45) is 15.2 Å². The van der Waals surface area contributed by atoms with Gasteiger partial charge in [-0.15, -0.1) is 0 Å². The highest BCUT2D eigenvalue weighted by molar-refractivity contribution is 6.13. The molecule has 0 unspecified atom stereocenters. The van der Waals surface area contributed by atoms with Gasteiger partial charge in [0.25, 0.3) is 0 Å². The Morgan fingerprint density at radius 2 is 1.45 bits per heavy atom. The van der Waals surface area contributed by atoms with E-state index in [0.717, 1.165) is 33.8 Å². The summed E-state index contributed by atoms with van der Waals surface area (Å²) in [5, 5.41) is 8.90.